The van der Waals surface area contributed by atoms with Crippen LogP contribution in [0.5, 0.6) is 0 Å². The molecule has 0 saturated heterocycles. The van der Waals surface area contributed by atoms with Crippen molar-refractivity contribution in [3.63, 3.8) is 0 Å². The second-order valence-electron chi connectivity index (χ2n) is 8.77. The molecule has 1 fully saturated rings. The molecule has 2 aliphatic carbocycles. The molecule has 0 spiro atoms. The molecule has 5 atom stereocenters. The van der Waals surface area contributed by atoms with E-state index >= 15 is 0 Å². The van der Waals surface area contributed by atoms with Crippen molar-refractivity contribution < 1.29 is 15.0 Å². The van der Waals surface area contributed by atoms with E-state index in [0.29, 0.717) is 24.8 Å². The molecule has 1 aromatic rings. The first-order valence-corrected chi connectivity index (χ1v) is 10.5. The summed E-state index contributed by atoms with van der Waals surface area (Å²) in [6.07, 6.45) is 7.55. The van der Waals surface area contributed by atoms with Crippen LogP contribution in [0.25, 0.3) is 0 Å². The minimum Gasteiger partial charge on any atom is -0.392 e. The number of allylic oxidation sites excluding steroid dienone is 1. The average molecular weight is 399 g/mol. The highest BCUT2D eigenvalue weighted by molar-refractivity contribution is 5.77. The van der Waals surface area contributed by atoms with Gasteiger partial charge in [-0.05, 0) is 37.2 Å². The summed E-state index contributed by atoms with van der Waals surface area (Å²) in [6.45, 7) is 3.11. The minimum absolute atomic E-state index is 0.0719. The summed E-state index contributed by atoms with van der Waals surface area (Å²) in [7, 11) is 3.52. The standard InChI is InChI=1S/C24H34N2O3/c1-16-5-4-6-17(9-16)11-20(27)7-8-21-22-12-18(10-19(22)13-23(21)28)14-25-15-24(29)26(2)3/h4-10,19-23,25,27-28H,11-15H2,1-3H3/b8-7+/t19-,20+,21+,22-,23+/m0/s1. The maximum absolute atomic E-state index is 11.7. The van der Waals surface area contributed by atoms with E-state index in [-0.39, 0.29) is 17.9 Å². The molecule has 29 heavy (non-hydrogen) atoms. The number of nitrogens with one attached hydrogen (secondary N) is 1. The number of benzene rings is 1. The lowest BCUT2D eigenvalue weighted by Crippen LogP contribution is -2.33. The fraction of sp³-hybridized carbons (Fsp3) is 0.542. The Kier molecular flexibility index (Phi) is 7.28. The fourth-order valence-electron chi connectivity index (χ4n) is 4.63. The van der Waals surface area contributed by atoms with E-state index in [1.807, 2.05) is 24.3 Å². The molecule has 3 N–H and O–H groups in total. The molecular formula is C24H34N2O3. The molecule has 0 unspecified atom stereocenters. The average Bonchev–Trinajstić information content (AvgIpc) is 3.16. The van der Waals surface area contributed by atoms with Crippen molar-refractivity contribution in [3.8, 4) is 0 Å². The number of hydrogen-bond donors (Lipinski definition) is 3. The molecule has 5 heteroatoms. The normalized spacial score (nSPS) is 27.1. The molecule has 158 valence electrons. The maximum Gasteiger partial charge on any atom is 0.236 e. The van der Waals surface area contributed by atoms with Gasteiger partial charge in [-0.3, -0.25) is 4.79 Å². The van der Waals surface area contributed by atoms with Gasteiger partial charge in [0.2, 0.25) is 5.91 Å². The van der Waals surface area contributed by atoms with Crippen LogP contribution in [0.2, 0.25) is 0 Å². The van der Waals surface area contributed by atoms with Gasteiger partial charge in [-0.1, -0.05) is 53.6 Å². The van der Waals surface area contributed by atoms with Crippen LogP contribution < -0.4 is 5.32 Å². The summed E-state index contributed by atoms with van der Waals surface area (Å²) in [6, 6.07) is 8.19. The lowest BCUT2D eigenvalue weighted by Gasteiger charge is -2.19. The van der Waals surface area contributed by atoms with Crippen LogP contribution in [0.15, 0.2) is 48.1 Å². The van der Waals surface area contributed by atoms with Gasteiger partial charge in [-0.15, -0.1) is 0 Å². The molecule has 0 aromatic heterocycles. The quantitative estimate of drug-likeness (QED) is 0.586. The van der Waals surface area contributed by atoms with Crippen LogP contribution in [0.1, 0.15) is 24.0 Å². The molecule has 0 radical (unpaired) electrons. The minimum atomic E-state index is -0.546. The molecule has 1 saturated carbocycles. The number of aliphatic hydroxyl groups is 2. The summed E-state index contributed by atoms with van der Waals surface area (Å²) >= 11 is 0. The van der Waals surface area contributed by atoms with Gasteiger partial charge in [-0.25, -0.2) is 0 Å². The fourth-order valence-corrected chi connectivity index (χ4v) is 4.63. The third-order valence-electron chi connectivity index (χ3n) is 6.16. The first-order valence-electron chi connectivity index (χ1n) is 10.5. The third-order valence-corrected chi connectivity index (χ3v) is 6.16. The Hall–Kier alpha value is -1.95. The summed E-state index contributed by atoms with van der Waals surface area (Å²) in [5, 5.41) is 24.1. The summed E-state index contributed by atoms with van der Waals surface area (Å²) < 4.78 is 0. The van der Waals surface area contributed by atoms with Gasteiger partial charge in [0.1, 0.15) is 0 Å². The number of nitrogens with zero attached hydrogens (tertiary/aromatic N) is 1. The molecule has 0 aliphatic heterocycles. The van der Waals surface area contributed by atoms with Gasteiger partial charge in [0.25, 0.3) is 0 Å². The molecule has 0 bridgehead atoms. The van der Waals surface area contributed by atoms with E-state index in [9.17, 15) is 15.0 Å². The van der Waals surface area contributed by atoms with Crippen LogP contribution in [0, 0.1) is 24.7 Å². The van der Waals surface area contributed by atoms with Gasteiger partial charge in [-0.2, -0.15) is 0 Å². The van der Waals surface area contributed by atoms with Crippen molar-refractivity contribution in [3.05, 3.63) is 59.2 Å². The third kappa shape index (κ3) is 5.78. The predicted molar refractivity (Wildman–Crippen MR) is 115 cm³/mol. The van der Waals surface area contributed by atoms with Crippen molar-refractivity contribution in [2.24, 2.45) is 17.8 Å². The Morgan fingerprint density at radius 1 is 1.38 bits per heavy atom. The maximum atomic E-state index is 11.7. The topological polar surface area (TPSA) is 72.8 Å². The highest BCUT2D eigenvalue weighted by Crippen LogP contribution is 2.47. The summed E-state index contributed by atoms with van der Waals surface area (Å²) in [5.74, 6) is 0.913. The number of hydrogen-bond acceptors (Lipinski definition) is 4. The van der Waals surface area contributed by atoms with Gasteiger partial charge in [0.15, 0.2) is 0 Å². The molecular weight excluding hydrogens is 364 g/mol. The Labute approximate surface area is 174 Å². The number of likely N-dealkylation sites (N-methyl/N-ethyl adjacent to an activating group) is 1. The Bertz CT molecular complexity index is 771. The zero-order valence-electron chi connectivity index (χ0n) is 17.7. The predicted octanol–water partition coefficient (Wildman–Crippen LogP) is 2.08. The van der Waals surface area contributed by atoms with Crippen LogP contribution in [0.3, 0.4) is 0 Å². The number of amides is 1. The molecule has 5 nitrogen and oxygen atoms in total. The van der Waals surface area contributed by atoms with Crippen molar-refractivity contribution >= 4 is 5.91 Å². The molecule has 2 aliphatic rings. The van der Waals surface area contributed by atoms with E-state index in [1.165, 1.54) is 11.1 Å². The molecule has 1 amide bonds. The number of aliphatic hydroxyl groups excluding tert-OH is 2. The largest absolute Gasteiger partial charge is 0.392 e. The molecule has 1 aromatic carbocycles. The zero-order valence-corrected chi connectivity index (χ0v) is 17.7. The number of aryl methyl sites for hydroxylation is 1. The smallest absolute Gasteiger partial charge is 0.236 e. The Balaban J connectivity index is 1.51. The summed E-state index contributed by atoms with van der Waals surface area (Å²) in [4.78, 5) is 13.3. The second-order valence-corrected chi connectivity index (χ2v) is 8.77. The monoisotopic (exact) mass is 398 g/mol. The summed E-state index contributed by atoms with van der Waals surface area (Å²) in [5.41, 5.74) is 3.63. The SMILES string of the molecule is Cc1cccc(C[C@H](O)/C=C/[C@@H]2[C@H]3CC(CNCC(=O)N(C)C)=C[C@H]3C[C@H]2O)c1. The van der Waals surface area contributed by atoms with E-state index in [4.69, 9.17) is 0 Å². The van der Waals surface area contributed by atoms with E-state index < -0.39 is 6.10 Å². The number of carbonyl (C=O) groups excluding carboxylic acids is 1. The Morgan fingerprint density at radius 2 is 2.17 bits per heavy atom. The van der Waals surface area contributed by atoms with E-state index in [2.05, 4.69) is 30.4 Å². The van der Waals surface area contributed by atoms with Gasteiger partial charge in [0.05, 0.1) is 18.8 Å². The molecule has 3 rings (SSSR count). The number of carbonyl (C=O) groups is 1. The number of rotatable bonds is 8. The van der Waals surface area contributed by atoms with Gasteiger partial charge >= 0.3 is 0 Å². The van der Waals surface area contributed by atoms with Crippen LogP contribution >= 0.6 is 0 Å². The van der Waals surface area contributed by atoms with Crippen molar-refractivity contribution in [2.45, 2.75) is 38.4 Å². The van der Waals surface area contributed by atoms with Gasteiger partial charge < -0.3 is 20.4 Å². The molecule has 0 heterocycles. The zero-order chi connectivity index (χ0) is 21.0. The number of fused-ring (bicyclic) bond motifs is 1. The second kappa shape index (κ2) is 9.70. The highest BCUT2D eigenvalue weighted by Gasteiger charge is 2.43. The van der Waals surface area contributed by atoms with E-state index in [1.54, 1.807) is 19.0 Å². The van der Waals surface area contributed by atoms with Crippen LogP contribution in [-0.2, 0) is 11.2 Å². The lowest BCUT2D eigenvalue weighted by molar-refractivity contribution is -0.127. The van der Waals surface area contributed by atoms with E-state index in [0.717, 1.165) is 24.9 Å². The first-order chi connectivity index (χ1) is 13.8. The highest BCUT2D eigenvalue weighted by atomic mass is 16.3. The van der Waals surface area contributed by atoms with Gasteiger partial charge in [0, 0.05) is 33.0 Å². The van der Waals surface area contributed by atoms with Crippen LogP contribution in [0.4, 0.5) is 0 Å². The Morgan fingerprint density at radius 3 is 2.90 bits per heavy atom. The van der Waals surface area contributed by atoms with Crippen LogP contribution in [-0.4, -0.2) is 60.4 Å². The first kappa shape index (κ1) is 21.8. The lowest BCUT2D eigenvalue weighted by atomic mass is 9.89. The van der Waals surface area contributed by atoms with Crippen molar-refractivity contribution in [1.29, 1.82) is 0 Å². The van der Waals surface area contributed by atoms with Crippen molar-refractivity contribution in [1.82, 2.24) is 10.2 Å². The van der Waals surface area contributed by atoms with Crippen molar-refractivity contribution in [2.75, 3.05) is 27.2 Å².